The van der Waals surface area contributed by atoms with Crippen molar-refractivity contribution in [2.75, 3.05) is 0 Å². The van der Waals surface area contributed by atoms with Crippen LogP contribution < -0.4 is 0 Å². The molecule has 1 heterocycles. The summed E-state index contributed by atoms with van der Waals surface area (Å²) in [4.78, 5) is 4.51. The van der Waals surface area contributed by atoms with Crippen LogP contribution in [-0.4, -0.2) is 4.98 Å². The summed E-state index contributed by atoms with van der Waals surface area (Å²) >= 11 is 9.97. The van der Waals surface area contributed by atoms with E-state index in [1.165, 1.54) is 4.70 Å². The Labute approximate surface area is 99.3 Å². The number of hydrogen-bond acceptors (Lipinski definition) is 2. The third-order valence-electron chi connectivity index (χ3n) is 1.71. The van der Waals surface area contributed by atoms with Crippen LogP contribution in [0.25, 0.3) is 10.2 Å². The molecule has 0 aliphatic carbocycles. The van der Waals surface area contributed by atoms with Gasteiger partial charge in [-0.2, -0.15) is 0 Å². The van der Waals surface area contributed by atoms with Crippen LogP contribution in [0.1, 0.15) is 15.9 Å². The Hall–Kier alpha value is 0.130. The lowest BCUT2D eigenvalue weighted by Crippen LogP contribution is -1.78. The molecule has 0 spiro atoms. The van der Waals surface area contributed by atoms with E-state index in [-0.39, 0.29) is 0 Å². The monoisotopic (exact) mass is 323 g/mol. The van der Waals surface area contributed by atoms with Gasteiger partial charge in [0.15, 0.2) is 0 Å². The van der Waals surface area contributed by atoms with Crippen molar-refractivity contribution in [1.29, 1.82) is 0 Å². The second-order valence-corrected chi connectivity index (χ2v) is 6.15. The predicted molar refractivity (Wildman–Crippen MR) is 67.1 cm³/mol. The molecule has 0 aliphatic rings. The fraction of sp³-hybridized carbons (Fsp3) is 0.222. The maximum absolute atomic E-state index is 5.88. The normalized spacial score (nSPS) is 13.5. The van der Waals surface area contributed by atoms with Crippen molar-refractivity contribution in [1.82, 2.24) is 4.98 Å². The lowest BCUT2D eigenvalue weighted by molar-refractivity contribution is 1.11. The highest BCUT2D eigenvalue weighted by Gasteiger charge is 2.07. The van der Waals surface area contributed by atoms with E-state index in [1.807, 2.05) is 18.2 Å². The van der Waals surface area contributed by atoms with Crippen molar-refractivity contribution < 1.29 is 0 Å². The number of aromatic nitrogens is 1. The molecule has 68 valence electrons. The molecular weight excluding hydrogens is 317 g/mol. The van der Waals surface area contributed by atoms with Crippen LogP contribution in [0.15, 0.2) is 18.2 Å². The molecule has 0 amide bonds. The summed E-state index contributed by atoms with van der Waals surface area (Å²) in [6.07, 6.45) is 0. The predicted octanol–water partition coefficient (Wildman–Crippen LogP) is 4.45. The van der Waals surface area contributed by atoms with E-state index in [0.717, 1.165) is 15.5 Å². The molecule has 0 fully saturated rings. The molecule has 1 nitrogen and oxygen atoms in total. The average molecular weight is 324 g/mol. The molecule has 0 bridgehead atoms. The fourth-order valence-electron chi connectivity index (χ4n) is 1.09. The lowest BCUT2D eigenvalue weighted by Gasteiger charge is -1.92. The standard InChI is InChI=1S/C9H7ClINS/c1-5(11)9-12-7-3-2-6(10)4-8(7)13-9/h2-5H,1H3/t5-/m0/s1. The third-order valence-corrected chi connectivity index (χ3v) is 4.16. The number of halogens is 2. The Bertz CT molecular complexity index is 438. The van der Waals surface area contributed by atoms with E-state index in [0.29, 0.717) is 3.92 Å². The average Bonchev–Trinajstić information content (AvgIpc) is 2.46. The summed E-state index contributed by atoms with van der Waals surface area (Å²) < 4.78 is 1.64. The first-order valence-corrected chi connectivity index (χ1v) is 6.31. The van der Waals surface area contributed by atoms with Crippen molar-refractivity contribution in [3.8, 4) is 0 Å². The molecule has 0 N–H and O–H groups in total. The summed E-state index contributed by atoms with van der Waals surface area (Å²) in [6, 6.07) is 5.82. The Balaban J connectivity index is 2.62. The molecule has 1 atom stereocenters. The van der Waals surface area contributed by atoms with E-state index >= 15 is 0 Å². The second-order valence-electron chi connectivity index (χ2n) is 2.78. The molecule has 0 unspecified atom stereocenters. The van der Waals surface area contributed by atoms with Gasteiger partial charge in [0, 0.05) is 5.02 Å². The maximum Gasteiger partial charge on any atom is 0.106 e. The Morgan fingerprint density at radius 2 is 2.31 bits per heavy atom. The molecule has 4 heteroatoms. The van der Waals surface area contributed by atoms with Gasteiger partial charge in [0.05, 0.1) is 14.1 Å². The van der Waals surface area contributed by atoms with Gasteiger partial charge in [-0.05, 0) is 25.1 Å². The Morgan fingerprint density at radius 3 is 3.00 bits per heavy atom. The minimum Gasteiger partial charge on any atom is -0.240 e. The van der Waals surface area contributed by atoms with Crippen LogP contribution >= 0.6 is 45.5 Å². The Kier molecular flexibility index (Phi) is 2.76. The number of fused-ring (bicyclic) bond motifs is 1. The minimum atomic E-state index is 0.466. The maximum atomic E-state index is 5.88. The number of alkyl halides is 1. The number of hydrogen-bond donors (Lipinski definition) is 0. The van der Waals surface area contributed by atoms with Crippen molar-refractivity contribution in [3.05, 3.63) is 28.2 Å². The molecule has 0 saturated heterocycles. The van der Waals surface area contributed by atoms with Crippen LogP contribution in [0.4, 0.5) is 0 Å². The zero-order chi connectivity index (χ0) is 9.42. The second kappa shape index (κ2) is 3.71. The van der Waals surface area contributed by atoms with Crippen LogP contribution in [0.5, 0.6) is 0 Å². The van der Waals surface area contributed by atoms with Crippen molar-refractivity contribution in [2.24, 2.45) is 0 Å². The highest BCUT2D eigenvalue weighted by molar-refractivity contribution is 14.1. The SMILES string of the molecule is C[C@H](I)c1nc2ccc(Cl)cc2s1. The molecular formula is C9H7ClINS. The molecule has 1 aromatic carbocycles. The molecule has 13 heavy (non-hydrogen) atoms. The molecule has 2 rings (SSSR count). The molecule has 1 aromatic heterocycles. The molecule has 2 aromatic rings. The molecule has 0 saturated carbocycles. The number of rotatable bonds is 1. The number of nitrogens with zero attached hydrogens (tertiary/aromatic N) is 1. The summed E-state index contributed by atoms with van der Waals surface area (Å²) in [5.74, 6) is 0. The lowest BCUT2D eigenvalue weighted by atomic mass is 10.3. The van der Waals surface area contributed by atoms with E-state index in [2.05, 4.69) is 34.5 Å². The van der Waals surface area contributed by atoms with Gasteiger partial charge in [-0.1, -0.05) is 34.2 Å². The van der Waals surface area contributed by atoms with Crippen LogP contribution in [0, 0.1) is 0 Å². The first-order valence-electron chi connectivity index (χ1n) is 3.87. The zero-order valence-electron chi connectivity index (χ0n) is 6.92. The van der Waals surface area contributed by atoms with Crippen LogP contribution in [0.2, 0.25) is 5.02 Å². The van der Waals surface area contributed by atoms with Gasteiger partial charge in [0.2, 0.25) is 0 Å². The van der Waals surface area contributed by atoms with Gasteiger partial charge in [-0.25, -0.2) is 4.98 Å². The quantitative estimate of drug-likeness (QED) is 0.558. The highest BCUT2D eigenvalue weighted by atomic mass is 127. The summed E-state index contributed by atoms with van der Waals surface area (Å²) in [7, 11) is 0. The van der Waals surface area contributed by atoms with Gasteiger partial charge in [-0.15, -0.1) is 11.3 Å². The van der Waals surface area contributed by atoms with Crippen molar-refractivity contribution in [3.63, 3.8) is 0 Å². The van der Waals surface area contributed by atoms with Crippen molar-refractivity contribution >= 4 is 55.7 Å². The molecule has 0 radical (unpaired) electrons. The van der Waals surface area contributed by atoms with Gasteiger partial charge in [0.25, 0.3) is 0 Å². The highest BCUT2D eigenvalue weighted by Crippen LogP contribution is 2.32. The summed E-state index contributed by atoms with van der Waals surface area (Å²) in [5.41, 5.74) is 1.05. The third kappa shape index (κ3) is 1.97. The smallest absolute Gasteiger partial charge is 0.106 e. The molecule has 0 aliphatic heterocycles. The van der Waals surface area contributed by atoms with Gasteiger partial charge >= 0.3 is 0 Å². The zero-order valence-corrected chi connectivity index (χ0v) is 10.7. The summed E-state index contributed by atoms with van der Waals surface area (Å²) in [6.45, 7) is 2.14. The van der Waals surface area contributed by atoms with Gasteiger partial charge in [0.1, 0.15) is 5.01 Å². The van der Waals surface area contributed by atoms with E-state index < -0.39 is 0 Å². The minimum absolute atomic E-state index is 0.466. The number of benzene rings is 1. The fourth-order valence-corrected chi connectivity index (χ4v) is 2.78. The first kappa shape index (κ1) is 9.68. The summed E-state index contributed by atoms with van der Waals surface area (Å²) in [5, 5.41) is 1.95. The van der Waals surface area contributed by atoms with E-state index in [1.54, 1.807) is 11.3 Å². The van der Waals surface area contributed by atoms with Crippen LogP contribution in [0.3, 0.4) is 0 Å². The van der Waals surface area contributed by atoms with E-state index in [9.17, 15) is 0 Å². The largest absolute Gasteiger partial charge is 0.240 e. The van der Waals surface area contributed by atoms with Gasteiger partial charge in [-0.3, -0.25) is 0 Å². The van der Waals surface area contributed by atoms with Gasteiger partial charge < -0.3 is 0 Å². The Morgan fingerprint density at radius 1 is 1.54 bits per heavy atom. The number of thiazole rings is 1. The van der Waals surface area contributed by atoms with E-state index in [4.69, 9.17) is 11.6 Å². The first-order chi connectivity index (χ1) is 6.16. The topological polar surface area (TPSA) is 12.9 Å². The van der Waals surface area contributed by atoms with Crippen LogP contribution in [-0.2, 0) is 0 Å². The van der Waals surface area contributed by atoms with Crippen molar-refractivity contribution in [2.45, 2.75) is 10.8 Å².